The van der Waals surface area contributed by atoms with Gasteiger partial charge in [-0.15, -0.1) is 0 Å². The first-order chi connectivity index (χ1) is 6.86. The van der Waals surface area contributed by atoms with Crippen LogP contribution in [0.1, 0.15) is 33.4 Å². The van der Waals surface area contributed by atoms with E-state index in [0.29, 0.717) is 5.41 Å². The van der Waals surface area contributed by atoms with Gasteiger partial charge in [0.05, 0.1) is 0 Å². The van der Waals surface area contributed by atoms with Crippen molar-refractivity contribution in [2.24, 2.45) is 5.41 Å². The van der Waals surface area contributed by atoms with E-state index in [4.69, 9.17) is 0 Å². The van der Waals surface area contributed by atoms with Gasteiger partial charge in [0.2, 0.25) is 0 Å². The number of benzene rings is 1. The summed E-state index contributed by atoms with van der Waals surface area (Å²) in [6.45, 7) is 10.8. The Labute approximate surface area is 92.5 Å². The maximum atomic E-state index is 3.26. The molecule has 15 heavy (non-hydrogen) atoms. The predicted molar refractivity (Wildman–Crippen MR) is 68.2 cm³/mol. The van der Waals surface area contributed by atoms with Gasteiger partial charge >= 0.3 is 0 Å². The minimum atomic E-state index is 0.500. The Morgan fingerprint density at radius 1 is 1.00 bits per heavy atom. The second kappa shape index (κ2) is 4.52. The van der Waals surface area contributed by atoms with Crippen LogP contribution in [0.15, 0.2) is 30.3 Å². The number of aromatic nitrogens is 1. The number of hydrogen-bond acceptors (Lipinski definition) is 0. The molecule has 1 aromatic heterocycles. The fourth-order valence-electron chi connectivity index (χ4n) is 1.22. The van der Waals surface area contributed by atoms with Crippen molar-refractivity contribution in [1.29, 1.82) is 0 Å². The molecule has 2 rings (SSSR count). The van der Waals surface area contributed by atoms with Crippen LogP contribution in [0.25, 0.3) is 10.9 Å². The highest BCUT2D eigenvalue weighted by Crippen LogP contribution is 2.12. The first-order valence-electron chi connectivity index (χ1n) is 5.40. The largest absolute Gasteiger partial charge is 0.359 e. The summed E-state index contributed by atoms with van der Waals surface area (Å²) in [5, 5.41) is 1.29. The van der Waals surface area contributed by atoms with Crippen LogP contribution < -0.4 is 0 Å². The fourth-order valence-corrected chi connectivity index (χ4v) is 1.22. The van der Waals surface area contributed by atoms with Crippen molar-refractivity contribution < 1.29 is 0 Å². The zero-order valence-electron chi connectivity index (χ0n) is 10.4. The molecule has 0 fully saturated rings. The Morgan fingerprint density at radius 3 is 2.07 bits per heavy atom. The van der Waals surface area contributed by atoms with Gasteiger partial charge in [0, 0.05) is 11.2 Å². The Morgan fingerprint density at radius 2 is 1.53 bits per heavy atom. The average Bonchev–Trinajstić information content (AvgIpc) is 2.40. The molecule has 0 unspecified atom stereocenters. The van der Waals surface area contributed by atoms with E-state index >= 15 is 0 Å². The van der Waals surface area contributed by atoms with Crippen molar-refractivity contribution in [3.8, 4) is 0 Å². The third-order valence-corrected chi connectivity index (χ3v) is 1.66. The summed E-state index contributed by atoms with van der Waals surface area (Å²) in [4.78, 5) is 3.26. The number of para-hydroxylation sites is 1. The quantitative estimate of drug-likeness (QED) is 0.647. The van der Waals surface area contributed by atoms with E-state index < -0.39 is 0 Å². The number of hydrogen-bond donors (Lipinski definition) is 1. The lowest BCUT2D eigenvalue weighted by molar-refractivity contribution is 0.469. The van der Waals surface area contributed by atoms with Crippen LogP contribution in [-0.4, -0.2) is 4.98 Å². The second-order valence-electron chi connectivity index (χ2n) is 5.54. The van der Waals surface area contributed by atoms with Gasteiger partial charge in [0.25, 0.3) is 0 Å². The SMILES string of the molecule is CC(C)(C)C.Cc1cc2ccccc2[nH]1. The molecule has 1 heteroatoms. The predicted octanol–water partition coefficient (Wildman–Crippen LogP) is 4.53. The number of nitrogens with one attached hydrogen (secondary N) is 1. The summed E-state index contributed by atoms with van der Waals surface area (Å²) in [5.74, 6) is 0. The second-order valence-corrected chi connectivity index (χ2v) is 5.54. The smallest absolute Gasteiger partial charge is 0.0455 e. The summed E-state index contributed by atoms with van der Waals surface area (Å²) < 4.78 is 0. The van der Waals surface area contributed by atoms with Gasteiger partial charge in [0.1, 0.15) is 0 Å². The molecule has 1 aromatic carbocycles. The zero-order chi connectivity index (χ0) is 11.5. The molecule has 1 heterocycles. The van der Waals surface area contributed by atoms with Gasteiger partial charge in [-0.25, -0.2) is 0 Å². The molecule has 0 bridgehead atoms. The molecule has 0 aliphatic rings. The normalized spacial score (nSPS) is 11.0. The molecule has 0 saturated heterocycles. The van der Waals surface area contributed by atoms with E-state index in [0.717, 1.165) is 0 Å². The molecule has 0 aliphatic carbocycles. The van der Waals surface area contributed by atoms with E-state index in [1.54, 1.807) is 0 Å². The summed E-state index contributed by atoms with van der Waals surface area (Å²) in [6, 6.07) is 10.4. The Hall–Kier alpha value is -1.24. The molecule has 2 aromatic rings. The van der Waals surface area contributed by atoms with Crippen LogP contribution in [0.3, 0.4) is 0 Å². The van der Waals surface area contributed by atoms with E-state index in [2.05, 4.69) is 63.9 Å². The fraction of sp³-hybridized carbons (Fsp3) is 0.429. The molecular weight excluding hydrogens is 182 g/mol. The van der Waals surface area contributed by atoms with Crippen molar-refractivity contribution in [1.82, 2.24) is 4.98 Å². The van der Waals surface area contributed by atoms with Crippen LogP contribution in [0.4, 0.5) is 0 Å². The lowest BCUT2D eigenvalue weighted by atomic mass is 10.0. The standard InChI is InChI=1S/C9H9N.C5H12/c1-7-6-8-4-2-3-5-9(8)10-7;1-5(2,3)4/h2-6,10H,1H3;1-4H3. The highest BCUT2D eigenvalue weighted by atomic mass is 14.7. The van der Waals surface area contributed by atoms with E-state index in [1.807, 2.05) is 6.07 Å². The van der Waals surface area contributed by atoms with Crippen molar-refractivity contribution in [2.45, 2.75) is 34.6 Å². The van der Waals surface area contributed by atoms with Crippen molar-refractivity contribution in [2.75, 3.05) is 0 Å². The molecular formula is C14H21N. The molecule has 1 N–H and O–H groups in total. The lowest BCUT2D eigenvalue weighted by Crippen LogP contribution is -1.93. The maximum absolute atomic E-state index is 3.26. The molecule has 0 spiro atoms. The molecule has 0 radical (unpaired) electrons. The Balaban J connectivity index is 0.000000195. The van der Waals surface area contributed by atoms with Gasteiger partial charge in [0.15, 0.2) is 0 Å². The monoisotopic (exact) mass is 203 g/mol. The summed E-state index contributed by atoms with van der Waals surface area (Å²) in [5.41, 5.74) is 2.95. The van der Waals surface area contributed by atoms with Crippen LogP contribution in [0, 0.1) is 12.3 Å². The van der Waals surface area contributed by atoms with E-state index in [1.165, 1.54) is 16.6 Å². The van der Waals surface area contributed by atoms with Gasteiger partial charge in [-0.3, -0.25) is 0 Å². The third kappa shape index (κ3) is 4.68. The molecule has 82 valence electrons. The number of aryl methyl sites for hydroxylation is 1. The van der Waals surface area contributed by atoms with Crippen molar-refractivity contribution >= 4 is 10.9 Å². The first kappa shape index (κ1) is 11.8. The van der Waals surface area contributed by atoms with Crippen molar-refractivity contribution in [3.05, 3.63) is 36.0 Å². The van der Waals surface area contributed by atoms with Crippen molar-refractivity contribution in [3.63, 3.8) is 0 Å². The Kier molecular flexibility index (Phi) is 3.57. The molecule has 1 nitrogen and oxygen atoms in total. The number of fused-ring (bicyclic) bond motifs is 1. The maximum Gasteiger partial charge on any atom is 0.0455 e. The molecule has 0 atom stereocenters. The topological polar surface area (TPSA) is 15.8 Å². The minimum Gasteiger partial charge on any atom is -0.359 e. The molecule has 0 saturated carbocycles. The van der Waals surface area contributed by atoms with Gasteiger partial charge < -0.3 is 4.98 Å². The number of aromatic amines is 1. The van der Waals surface area contributed by atoms with Crippen LogP contribution >= 0.6 is 0 Å². The van der Waals surface area contributed by atoms with Gasteiger partial charge in [-0.05, 0) is 29.9 Å². The number of rotatable bonds is 0. The van der Waals surface area contributed by atoms with Gasteiger partial charge in [-0.2, -0.15) is 0 Å². The zero-order valence-corrected chi connectivity index (χ0v) is 10.4. The number of H-pyrrole nitrogens is 1. The summed E-state index contributed by atoms with van der Waals surface area (Å²) >= 11 is 0. The molecule has 0 amide bonds. The van der Waals surface area contributed by atoms with Crippen LogP contribution in [0.5, 0.6) is 0 Å². The highest BCUT2D eigenvalue weighted by molar-refractivity contribution is 5.79. The summed E-state index contributed by atoms with van der Waals surface area (Å²) in [7, 11) is 0. The van der Waals surface area contributed by atoms with Gasteiger partial charge in [-0.1, -0.05) is 45.9 Å². The van der Waals surface area contributed by atoms with E-state index in [-0.39, 0.29) is 0 Å². The summed E-state index contributed by atoms with van der Waals surface area (Å²) in [6.07, 6.45) is 0. The minimum absolute atomic E-state index is 0.500. The third-order valence-electron chi connectivity index (χ3n) is 1.66. The highest BCUT2D eigenvalue weighted by Gasteiger charge is 1.95. The van der Waals surface area contributed by atoms with Crippen LogP contribution in [-0.2, 0) is 0 Å². The molecule has 0 aliphatic heterocycles. The average molecular weight is 203 g/mol. The Bertz CT molecular complexity index is 379. The van der Waals surface area contributed by atoms with Crippen LogP contribution in [0.2, 0.25) is 0 Å². The first-order valence-corrected chi connectivity index (χ1v) is 5.40. The van der Waals surface area contributed by atoms with E-state index in [9.17, 15) is 0 Å². The lowest BCUT2D eigenvalue weighted by Gasteiger charge is -2.05.